The van der Waals surface area contributed by atoms with E-state index in [1.807, 2.05) is 6.92 Å². The zero-order valence-corrected chi connectivity index (χ0v) is 9.01. The third-order valence-electron chi connectivity index (χ3n) is 3.55. The number of hydrogen-bond acceptors (Lipinski definition) is 2. The molecular weight excluding hydrogens is 219 g/mol. The van der Waals surface area contributed by atoms with Crippen LogP contribution in [-0.4, -0.2) is 18.9 Å². The fourth-order valence-corrected chi connectivity index (χ4v) is 2.63. The molecule has 4 atom stereocenters. The van der Waals surface area contributed by atoms with Gasteiger partial charge in [-0.15, -0.1) is 0 Å². The van der Waals surface area contributed by atoms with Crippen molar-refractivity contribution in [3.8, 4) is 6.07 Å². The van der Waals surface area contributed by atoms with Gasteiger partial charge in [-0.05, 0) is 19.4 Å². The van der Waals surface area contributed by atoms with Crippen molar-refractivity contribution in [1.29, 1.82) is 5.26 Å². The van der Waals surface area contributed by atoms with E-state index in [1.165, 1.54) is 0 Å². The summed E-state index contributed by atoms with van der Waals surface area (Å²) in [5.41, 5.74) is 1.90. The molecule has 0 bridgehead atoms. The van der Waals surface area contributed by atoms with Crippen molar-refractivity contribution in [2.75, 3.05) is 6.61 Å². The number of ether oxygens (including phenoxy) is 1. The molecule has 0 aliphatic heterocycles. The van der Waals surface area contributed by atoms with Crippen molar-refractivity contribution in [2.24, 2.45) is 17.8 Å². The highest BCUT2D eigenvalue weighted by atomic mass is 19.4. The summed E-state index contributed by atoms with van der Waals surface area (Å²) in [5, 5.41) is 8.81. The standard InChI is InChI=1S/C11H12F3NO/c1-5-6(2)10(16-4-11(12,13)14)9-7(3-15)8(5)9/h7-10H,4H2,1-2H3/t7-,8+,9-,10-/m0/s1. The van der Waals surface area contributed by atoms with E-state index < -0.39 is 18.9 Å². The Bertz CT molecular complexity index is 380. The first-order valence-corrected chi connectivity index (χ1v) is 5.12. The first-order chi connectivity index (χ1) is 7.37. The van der Waals surface area contributed by atoms with E-state index in [0.717, 1.165) is 11.1 Å². The quantitative estimate of drug-likeness (QED) is 0.684. The third-order valence-corrected chi connectivity index (χ3v) is 3.55. The van der Waals surface area contributed by atoms with Crippen molar-refractivity contribution >= 4 is 0 Å². The Kier molecular flexibility index (Phi) is 2.50. The lowest BCUT2D eigenvalue weighted by molar-refractivity contribution is -0.183. The van der Waals surface area contributed by atoms with Crippen molar-refractivity contribution in [1.82, 2.24) is 0 Å². The lowest BCUT2D eigenvalue weighted by Gasteiger charge is -2.18. The van der Waals surface area contributed by atoms with Crippen LogP contribution >= 0.6 is 0 Å². The highest BCUT2D eigenvalue weighted by Crippen LogP contribution is 2.60. The van der Waals surface area contributed by atoms with Crippen LogP contribution in [-0.2, 0) is 4.74 Å². The molecule has 0 radical (unpaired) electrons. The van der Waals surface area contributed by atoms with Crippen LogP contribution in [0.1, 0.15) is 13.8 Å². The van der Waals surface area contributed by atoms with Crippen LogP contribution in [0.4, 0.5) is 13.2 Å². The Hall–Kier alpha value is -1.02. The number of hydrogen-bond donors (Lipinski definition) is 0. The predicted octanol–water partition coefficient (Wildman–Crippen LogP) is 2.67. The highest BCUT2D eigenvalue weighted by Gasteiger charge is 2.61. The minimum absolute atomic E-state index is 0.0488. The van der Waals surface area contributed by atoms with Crippen molar-refractivity contribution in [3.05, 3.63) is 11.1 Å². The Morgan fingerprint density at radius 2 is 1.94 bits per heavy atom. The smallest absolute Gasteiger partial charge is 0.364 e. The number of fused-ring (bicyclic) bond motifs is 1. The number of rotatable bonds is 2. The fourth-order valence-electron chi connectivity index (χ4n) is 2.63. The molecule has 0 aromatic heterocycles. The molecule has 0 unspecified atom stereocenters. The summed E-state index contributed by atoms with van der Waals surface area (Å²) in [4.78, 5) is 0. The van der Waals surface area contributed by atoms with Gasteiger partial charge >= 0.3 is 6.18 Å². The maximum Gasteiger partial charge on any atom is 0.411 e. The van der Waals surface area contributed by atoms with Gasteiger partial charge in [0.05, 0.1) is 18.1 Å². The third kappa shape index (κ3) is 1.71. The number of nitriles is 1. The zero-order valence-electron chi connectivity index (χ0n) is 9.01. The van der Waals surface area contributed by atoms with Gasteiger partial charge in [0.25, 0.3) is 0 Å². The number of nitrogens with zero attached hydrogens (tertiary/aromatic N) is 1. The molecule has 1 saturated carbocycles. The van der Waals surface area contributed by atoms with Gasteiger partial charge in [0.1, 0.15) is 6.61 Å². The van der Waals surface area contributed by atoms with E-state index in [0.29, 0.717) is 0 Å². The molecule has 0 aromatic rings. The maximum absolute atomic E-state index is 12.0. The van der Waals surface area contributed by atoms with Gasteiger partial charge in [0.2, 0.25) is 0 Å². The molecule has 2 nitrogen and oxygen atoms in total. The monoisotopic (exact) mass is 231 g/mol. The normalized spacial score (nSPS) is 37.2. The Morgan fingerprint density at radius 3 is 2.44 bits per heavy atom. The van der Waals surface area contributed by atoms with E-state index in [-0.39, 0.29) is 17.8 Å². The molecule has 2 aliphatic carbocycles. The summed E-state index contributed by atoms with van der Waals surface area (Å²) >= 11 is 0. The van der Waals surface area contributed by atoms with Crippen LogP contribution in [0, 0.1) is 29.1 Å². The van der Waals surface area contributed by atoms with E-state index in [1.54, 1.807) is 6.92 Å². The molecule has 88 valence electrons. The van der Waals surface area contributed by atoms with Crippen LogP contribution in [0.5, 0.6) is 0 Å². The van der Waals surface area contributed by atoms with Crippen LogP contribution in [0.2, 0.25) is 0 Å². The molecule has 0 spiro atoms. The lowest BCUT2D eigenvalue weighted by Crippen LogP contribution is -2.25. The molecule has 0 N–H and O–H groups in total. The first kappa shape index (κ1) is 11.5. The van der Waals surface area contributed by atoms with Gasteiger partial charge in [-0.25, -0.2) is 0 Å². The van der Waals surface area contributed by atoms with Gasteiger partial charge in [0.15, 0.2) is 0 Å². The summed E-state index contributed by atoms with van der Waals surface area (Å²) < 4.78 is 41.0. The van der Waals surface area contributed by atoms with Crippen LogP contribution in [0.25, 0.3) is 0 Å². The lowest BCUT2D eigenvalue weighted by atomic mass is 10.0. The summed E-state index contributed by atoms with van der Waals surface area (Å²) in [6, 6.07) is 2.12. The van der Waals surface area contributed by atoms with Gasteiger partial charge in [0, 0.05) is 11.8 Å². The zero-order chi connectivity index (χ0) is 12.1. The SMILES string of the molecule is CC1=C(C)[C@H](OCC(F)(F)F)[C@H]2[C@@H](C#N)[C@@H]12. The van der Waals surface area contributed by atoms with E-state index in [2.05, 4.69) is 6.07 Å². The van der Waals surface area contributed by atoms with E-state index in [9.17, 15) is 13.2 Å². The molecule has 1 fully saturated rings. The molecule has 2 aliphatic rings. The van der Waals surface area contributed by atoms with Gasteiger partial charge in [-0.3, -0.25) is 0 Å². The molecule has 0 amide bonds. The topological polar surface area (TPSA) is 33.0 Å². The average Bonchev–Trinajstić information content (AvgIpc) is 2.83. The molecule has 0 saturated heterocycles. The Labute approximate surface area is 91.7 Å². The average molecular weight is 231 g/mol. The van der Waals surface area contributed by atoms with Gasteiger partial charge < -0.3 is 4.74 Å². The molecular formula is C11H12F3NO. The van der Waals surface area contributed by atoms with Crippen LogP contribution in [0.3, 0.4) is 0 Å². The molecule has 2 rings (SSSR count). The highest BCUT2D eigenvalue weighted by molar-refractivity contribution is 5.39. The van der Waals surface area contributed by atoms with Crippen LogP contribution in [0.15, 0.2) is 11.1 Å². The predicted molar refractivity (Wildman–Crippen MR) is 50.3 cm³/mol. The number of halogens is 3. The summed E-state index contributed by atoms with van der Waals surface area (Å²) in [7, 11) is 0. The number of alkyl halides is 3. The largest absolute Gasteiger partial charge is 0.411 e. The Morgan fingerprint density at radius 1 is 1.31 bits per heavy atom. The minimum atomic E-state index is -4.30. The summed E-state index contributed by atoms with van der Waals surface area (Å²) in [6.45, 7) is 2.43. The second-order valence-corrected chi connectivity index (χ2v) is 4.47. The Balaban J connectivity index is 2.04. The maximum atomic E-state index is 12.0. The minimum Gasteiger partial charge on any atom is -0.364 e. The molecule has 0 aromatic carbocycles. The molecule has 16 heavy (non-hydrogen) atoms. The van der Waals surface area contributed by atoms with E-state index >= 15 is 0 Å². The first-order valence-electron chi connectivity index (χ1n) is 5.12. The van der Waals surface area contributed by atoms with Crippen molar-refractivity contribution < 1.29 is 17.9 Å². The summed E-state index contributed by atoms with van der Waals surface area (Å²) in [6.07, 6.45) is -4.82. The van der Waals surface area contributed by atoms with Crippen molar-refractivity contribution in [2.45, 2.75) is 26.1 Å². The van der Waals surface area contributed by atoms with Crippen LogP contribution < -0.4 is 0 Å². The van der Waals surface area contributed by atoms with E-state index in [4.69, 9.17) is 10.00 Å². The van der Waals surface area contributed by atoms with Gasteiger partial charge in [-0.1, -0.05) is 5.57 Å². The summed E-state index contributed by atoms with van der Waals surface area (Å²) in [5.74, 6) is -0.0717. The molecule has 0 heterocycles. The second-order valence-electron chi connectivity index (χ2n) is 4.47. The second kappa shape index (κ2) is 3.49. The molecule has 5 heteroatoms. The number of allylic oxidation sites excluding steroid dienone is 1. The van der Waals surface area contributed by atoms with Gasteiger partial charge in [-0.2, -0.15) is 18.4 Å². The fraction of sp³-hybridized carbons (Fsp3) is 0.727. The van der Waals surface area contributed by atoms with Crippen molar-refractivity contribution in [3.63, 3.8) is 0 Å².